The van der Waals surface area contributed by atoms with Crippen LogP contribution in [-0.4, -0.2) is 29.6 Å². The van der Waals surface area contributed by atoms with Gasteiger partial charge in [0.1, 0.15) is 0 Å². The molecule has 2 rings (SSSR count). The van der Waals surface area contributed by atoms with E-state index in [2.05, 4.69) is 59.0 Å². The third-order valence-electron chi connectivity index (χ3n) is 4.36. The van der Waals surface area contributed by atoms with Crippen LogP contribution >= 0.6 is 12.2 Å². The molecule has 1 aromatic rings. The molecule has 1 aliphatic rings. The third kappa shape index (κ3) is 4.75. The lowest BCUT2D eigenvalue weighted by Gasteiger charge is -2.32. The highest BCUT2D eigenvalue weighted by Crippen LogP contribution is 2.29. The Morgan fingerprint density at radius 1 is 1.19 bits per heavy atom. The molecule has 1 heterocycles. The van der Waals surface area contributed by atoms with Crippen LogP contribution in [0, 0.1) is 0 Å². The summed E-state index contributed by atoms with van der Waals surface area (Å²) in [6.45, 7) is 14.0. The van der Waals surface area contributed by atoms with Crippen LogP contribution in [0.4, 0.5) is 5.69 Å². The van der Waals surface area contributed by atoms with Gasteiger partial charge in [-0.3, -0.25) is 4.79 Å². The summed E-state index contributed by atoms with van der Waals surface area (Å²) in [7, 11) is 0. The third-order valence-corrected chi connectivity index (χ3v) is 4.58. The number of hydrogen-bond acceptors (Lipinski definition) is 3. The van der Waals surface area contributed by atoms with Gasteiger partial charge in [-0.05, 0) is 71.5 Å². The Hall–Kier alpha value is -2.08. The maximum absolute atomic E-state index is 12.9. The van der Waals surface area contributed by atoms with Gasteiger partial charge in [0.05, 0.1) is 11.6 Å². The van der Waals surface area contributed by atoms with Crippen molar-refractivity contribution in [3.05, 3.63) is 41.1 Å². The van der Waals surface area contributed by atoms with Gasteiger partial charge < -0.3 is 20.9 Å². The molecule has 0 aromatic heterocycles. The van der Waals surface area contributed by atoms with Crippen LogP contribution in [0.25, 0.3) is 0 Å². The van der Waals surface area contributed by atoms with Crippen LogP contribution in [0.1, 0.15) is 53.1 Å². The summed E-state index contributed by atoms with van der Waals surface area (Å²) in [4.78, 5) is 15.2. The molecule has 26 heavy (non-hydrogen) atoms. The van der Waals surface area contributed by atoms with Crippen molar-refractivity contribution in [1.82, 2.24) is 16.0 Å². The number of carbonyl (C=O) groups is 1. The quantitative estimate of drug-likeness (QED) is 0.691. The molecule has 1 aliphatic heterocycles. The molecule has 1 unspecified atom stereocenters. The van der Waals surface area contributed by atoms with Crippen molar-refractivity contribution in [2.75, 3.05) is 18.0 Å². The van der Waals surface area contributed by atoms with E-state index >= 15 is 0 Å². The van der Waals surface area contributed by atoms with Crippen molar-refractivity contribution in [2.24, 2.45) is 0 Å². The topological polar surface area (TPSA) is 56.4 Å². The molecular formula is C20H30N4OS. The first kappa shape index (κ1) is 20.2. The van der Waals surface area contributed by atoms with E-state index in [0.717, 1.165) is 24.4 Å². The molecule has 0 fully saturated rings. The van der Waals surface area contributed by atoms with E-state index in [1.807, 2.05) is 27.7 Å². The smallest absolute Gasteiger partial charge is 0.251 e. The number of anilines is 1. The van der Waals surface area contributed by atoms with Crippen LogP contribution in [0.15, 0.2) is 35.5 Å². The Morgan fingerprint density at radius 3 is 2.27 bits per heavy atom. The van der Waals surface area contributed by atoms with Crippen molar-refractivity contribution >= 4 is 28.9 Å². The average molecular weight is 375 g/mol. The highest BCUT2D eigenvalue weighted by Gasteiger charge is 2.31. The summed E-state index contributed by atoms with van der Waals surface area (Å²) in [5, 5.41) is 9.91. The Kier molecular flexibility index (Phi) is 6.29. The van der Waals surface area contributed by atoms with Gasteiger partial charge in [0.2, 0.25) is 0 Å². The summed E-state index contributed by atoms with van der Waals surface area (Å²) >= 11 is 5.32. The Labute approximate surface area is 162 Å². The highest BCUT2D eigenvalue weighted by atomic mass is 32.1. The molecule has 0 saturated carbocycles. The first-order chi connectivity index (χ1) is 12.2. The number of hydrogen-bond donors (Lipinski definition) is 3. The molecule has 0 aliphatic carbocycles. The molecule has 0 saturated heterocycles. The molecule has 0 radical (unpaired) electrons. The second-order valence-corrected chi connectivity index (χ2v) is 7.95. The van der Waals surface area contributed by atoms with Crippen molar-refractivity contribution in [2.45, 2.75) is 53.1 Å². The second kappa shape index (κ2) is 8.08. The van der Waals surface area contributed by atoms with Gasteiger partial charge in [0, 0.05) is 30.0 Å². The molecule has 5 nitrogen and oxygen atoms in total. The zero-order valence-corrected chi connectivity index (χ0v) is 17.4. The monoisotopic (exact) mass is 374 g/mol. The Bertz CT molecular complexity index is 700. The van der Waals surface area contributed by atoms with E-state index < -0.39 is 0 Å². The average Bonchev–Trinajstić information content (AvgIpc) is 2.54. The zero-order valence-electron chi connectivity index (χ0n) is 16.6. The van der Waals surface area contributed by atoms with E-state index in [-0.39, 0.29) is 17.5 Å². The number of nitrogens with one attached hydrogen (secondary N) is 3. The van der Waals surface area contributed by atoms with Gasteiger partial charge in [-0.1, -0.05) is 12.1 Å². The lowest BCUT2D eigenvalue weighted by Crippen LogP contribution is -2.49. The summed E-state index contributed by atoms with van der Waals surface area (Å²) in [6, 6.07) is 8.07. The minimum Gasteiger partial charge on any atom is -0.372 e. The fourth-order valence-corrected chi connectivity index (χ4v) is 3.39. The van der Waals surface area contributed by atoms with Gasteiger partial charge >= 0.3 is 0 Å². The predicted molar refractivity (Wildman–Crippen MR) is 112 cm³/mol. The number of benzene rings is 1. The number of nitrogens with zero attached hydrogens (tertiary/aromatic N) is 1. The van der Waals surface area contributed by atoms with Gasteiger partial charge in [-0.25, -0.2) is 0 Å². The van der Waals surface area contributed by atoms with Crippen LogP contribution in [-0.2, 0) is 4.79 Å². The normalized spacial score (nSPS) is 17.5. The Morgan fingerprint density at radius 2 is 1.77 bits per heavy atom. The highest BCUT2D eigenvalue weighted by molar-refractivity contribution is 7.80. The zero-order chi connectivity index (χ0) is 19.5. The molecule has 142 valence electrons. The number of amides is 1. The second-order valence-electron chi connectivity index (χ2n) is 7.54. The van der Waals surface area contributed by atoms with Crippen molar-refractivity contribution in [3.8, 4) is 0 Å². The number of rotatable bonds is 5. The fraction of sp³-hybridized carbons (Fsp3) is 0.500. The summed E-state index contributed by atoms with van der Waals surface area (Å²) in [5.41, 5.74) is 3.34. The number of thiocarbonyl (C=S) groups is 1. The molecule has 1 aromatic carbocycles. The van der Waals surface area contributed by atoms with Crippen LogP contribution < -0.4 is 20.9 Å². The fourth-order valence-electron chi connectivity index (χ4n) is 3.12. The lowest BCUT2D eigenvalue weighted by molar-refractivity contribution is -0.119. The van der Waals surface area contributed by atoms with Gasteiger partial charge in [-0.15, -0.1) is 0 Å². The van der Waals surface area contributed by atoms with Crippen molar-refractivity contribution < 1.29 is 4.79 Å². The molecule has 0 spiro atoms. The minimum absolute atomic E-state index is 0.0877. The molecular weight excluding hydrogens is 344 g/mol. The number of carbonyl (C=O) groups excluding carboxylic acids is 1. The van der Waals surface area contributed by atoms with Gasteiger partial charge in [0.15, 0.2) is 5.11 Å². The SMILES string of the molecule is CCN(CC)c1ccc(C2NC(=S)NC(C)=C2C(=O)NC(C)(C)C)cc1. The Balaban J connectivity index is 2.36. The first-order valence-corrected chi connectivity index (χ1v) is 9.52. The van der Waals surface area contributed by atoms with E-state index in [0.29, 0.717) is 10.7 Å². The van der Waals surface area contributed by atoms with Crippen LogP contribution in [0.5, 0.6) is 0 Å². The van der Waals surface area contributed by atoms with Crippen LogP contribution in [0.2, 0.25) is 0 Å². The standard InChI is InChI=1S/C20H30N4OS/c1-7-24(8-2)15-11-9-14(10-12-15)17-16(13(3)21-19(26)22-17)18(25)23-20(4,5)6/h9-12,17H,7-8H2,1-6H3,(H,23,25)(H2,21,22,26). The van der Waals surface area contributed by atoms with E-state index in [1.54, 1.807) is 0 Å². The lowest BCUT2D eigenvalue weighted by atomic mass is 9.94. The minimum atomic E-state index is -0.306. The summed E-state index contributed by atoms with van der Waals surface area (Å²) < 4.78 is 0. The van der Waals surface area contributed by atoms with E-state index in [9.17, 15) is 4.79 Å². The van der Waals surface area contributed by atoms with Crippen LogP contribution in [0.3, 0.4) is 0 Å². The molecule has 3 N–H and O–H groups in total. The van der Waals surface area contributed by atoms with E-state index in [4.69, 9.17) is 12.2 Å². The van der Waals surface area contributed by atoms with E-state index in [1.165, 1.54) is 5.69 Å². The van der Waals surface area contributed by atoms with Crippen molar-refractivity contribution in [3.63, 3.8) is 0 Å². The van der Waals surface area contributed by atoms with Crippen molar-refractivity contribution in [1.29, 1.82) is 0 Å². The molecule has 0 bridgehead atoms. The first-order valence-electron chi connectivity index (χ1n) is 9.12. The molecule has 1 amide bonds. The number of allylic oxidation sites excluding steroid dienone is 1. The van der Waals surface area contributed by atoms with Gasteiger partial charge in [0.25, 0.3) is 5.91 Å². The summed E-state index contributed by atoms with van der Waals surface area (Å²) in [6.07, 6.45) is 0. The molecule has 1 atom stereocenters. The van der Waals surface area contributed by atoms with Gasteiger partial charge in [-0.2, -0.15) is 0 Å². The summed E-state index contributed by atoms with van der Waals surface area (Å²) in [5.74, 6) is -0.0877. The molecule has 6 heteroatoms. The maximum atomic E-state index is 12.9. The largest absolute Gasteiger partial charge is 0.372 e. The maximum Gasteiger partial charge on any atom is 0.251 e. The predicted octanol–water partition coefficient (Wildman–Crippen LogP) is 3.24.